The van der Waals surface area contributed by atoms with E-state index in [1.807, 2.05) is 30.0 Å². The second kappa shape index (κ2) is 6.48. The standard InChI is InChI=1S/C20H27N3O4/c1-5-13(6-2)23-11-20-8-7-15(26-20)16(17(20)19(23)25)18(24)22(4)10-14-9-12(3)21-27-14/h7-9,13,15-17H,5-6,10-11H2,1-4H3/t15-,16-,17-,20-/m0/s1. The first-order valence-corrected chi connectivity index (χ1v) is 9.75. The molecule has 0 unspecified atom stereocenters. The van der Waals surface area contributed by atoms with Gasteiger partial charge in [-0.15, -0.1) is 0 Å². The zero-order chi connectivity index (χ0) is 19.3. The Morgan fingerprint density at radius 2 is 2.19 bits per heavy atom. The number of carbonyl (C=O) groups is 2. The van der Waals surface area contributed by atoms with Gasteiger partial charge in [0.2, 0.25) is 11.8 Å². The van der Waals surface area contributed by atoms with E-state index in [2.05, 4.69) is 19.0 Å². The third-order valence-corrected chi connectivity index (χ3v) is 6.24. The Labute approximate surface area is 159 Å². The van der Waals surface area contributed by atoms with Gasteiger partial charge in [0.1, 0.15) is 5.60 Å². The Morgan fingerprint density at radius 3 is 2.81 bits per heavy atom. The van der Waals surface area contributed by atoms with E-state index < -0.39 is 17.4 Å². The van der Waals surface area contributed by atoms with E-state index in [1.54, 1.807) is 11.9 Å². The molecule has 3 aliphatic heterocycles. The van der Waals surface area contributed by atoms with Gasteiger partial charge in [0.15, 0.2) is 5.76 Å². The SMILES string of the molecule is CCC(CC)N1C[C@]23C=C[C@H](O2)[C@H](C(=O)N(C)Cc2cc(C)no2)[C@H]3C1=O. The first kappa shape index (κ1) is 18.2. The molecule has 7 heteroatoms. The van der Waals surface area contributed by atoms with Crippen molar-refractivity contribution >= 4 is 11.8 Å². The van der Waals surface area contributed by atoms with Crippen LogP contribution >= 0.6 is 0 Å². The molecular weight excluding hydrogens is 346 g/mol. The van der Waals surface area contributed by atoms with E-state index >= 15 is 0 Å². The van der Waals surface area contributed by atoms with Gasteiger partial charge in [-0.25, -0.2) is 0 Å². The molecule has 7 nitrogen and oxygen atoms in total. The quantitative estimate of drug-likeness (QED) is 0.712. The molecule has 0 radical (unpaired) electrons. The number of hydrogen-bond acceptors (Lipinski definition) is 5. The topological polar surface area (TPSA) is 75.9 Å². The minimum atomic E-state index is -0.645. The first-order valence-electron chi connectivity index (χ1n) is 9.75. The molecule has 0 aromatic carbocycles. The number of carbonyl (C=O) groups excluding carboxylic acids is 2. The fourth-order valence-corrected chi connectivity index (χ4v) is 4.91. The third-order valence-electron chi connectivity index (χ3n) is 6.24. The summed E-state index contributed by atoms with van der Waals surface area (Å²) in [7, 11) is 1.74. The molecule has 1 aromatic heterocycles. The number of likely N-dealkylation sites (tertiary alicyclic amines) is 1. The first-order chi connectivity index (χ1) is 12.9. The smallest absolute Gasteiger partial charge is 0.230 e. The van der Waals surface area contributed by atoms with Crippen LogP contribution in [0.3, 0.4) is 0 Å². The van der Waals surface area contributed by atoms with E-state index in [0.717, 1.165) is 18.5 Å². The lowest BCUT2D eigenvalue weighted by atomic mass is 9.76. The molecule has 4 atom stereocenters. The third kappa shape index (κ3) is 2.71. The Hall–Kier alpha value is -2.15. The average molecular weight is 373 g/mol. The number of hydrogen-bond donors (Lipinski definition) is 0. The van der Waals surface area contributed by atoms with Gasteiger partial charge in [0, 0.05) is 19.2 Å². The predicted molar refractivity (Wildman–Crippen MR) is 97.5 cm³/mol. The molecule has 2 bridgehead atoms. The summed E-state index contributed by atoms with van der Waals surface area (Å²) in [5.41, 5.74) is 0.136. The molecule has 1 spiro atoms. The number of ether oxygens (including phenoxy) is 1. The molecule has 3 aliphatic rings. The lowest BCUT2D eigenvalue weighted by molar-refractivity contribution is -0.143. The molecule has 0 N–H and O–H groups in total. The predicted octanol–water partition coefficient (Wildman–Crippen LogP) is 1.91. The highest BCUT2D eigenvalue weighted by atomic mass is 16.5. The lowest BCUT2D eigenvalue weighted by Crippen LogP contribution is -2.45. The Morgan fingerprint density at radius 1 is 1.44 bits per heavy atom. The number of fused-ring (bicyclic) bond motifs is 1. The second-order valence-electron chi connectivity index (χ2n) is 7.97. The van der Waals surface area contributed by atoms with Crippen LogP contribution in [0.2, 0.25) is 0 Å². The molecule has 2 fully saturated rings. The zero-order valence-corrected chi connectivity index (χ0v) is 16.3. The molecule has 2 amide bonds. The number of nitrogens with zero attached hydrogens (tertiary/aromatic N) is 3. The largest absolute Gasteiger partial charge is 0.360 e. The maximum absolute atomic E-state index is 13.2. The summed E-state index contributed by atoms with van der Waals surface area (Å²) >= 11 is 0. The van der Waals surface area contributed by atoms with Crippen molar-refractivity contribution in [2.75, 3.05) is 13.6 Å². The van der Waals surface area contributed by atoms with Crippen molar-refractivity contribution in [3.05, 3.63) is 29.7 Å². The van der Waals surface area contributed by atoms with Crippen LogP contribution in [0.25, 0.3) is 0 Å². The van der Waals surface area contributed by atoms with Crippen LogP contribution < -0.4 is 0 Å². The Kier molecular flexibility index (Phi) is 4.37. The molecule has 2 saturated heterocycles. The van der Waals surface area contributed by atoms with Crippen molar-refractivity contribution in [2.24, 2.45) is 11.8 Å². The summed E-state index contributed by atoms with van der Waals surface area (Å²) < 4.78 is 11.4. The lowest BCUT2D eigenvalue weighted by Gasteiger charge is -2.29. The van der Waals surface area contributed by atoms with Crippen LogP contribution in [0.5, 0.6) is 0 Å². The summed E-state index contributed by atoms with van der Waals surface area (Å²) in [6.45, 7) is 6.91. The normalized spacial score (nSPS) is 31.2. The van der Waals surface area contributed by atoms with Gasteiger partial charge in [-0.1, -0.05) is 31.2 Å². The van der Waals surface area contributed by atoms with Crippen molar-refractivity contribution in [2.45, 2.75) is 57.9 Å². The van der Waals surface area contributed by atoms with Crippen LogP contribution in [-0.4, -0.2) is 58.1 Å². The molecular formula is C20H27N3O4. The van der Waals surface area contributed by atoms with Crippen molar-refractivity contribution in [1.82, 2.24) is 15.0 Å². The van der Waals surface area contributed by atoms with Crippen molar-refractivity contribution in [3.63, 3.8) is 0 Å². The van der Waals surface area contributed by atoms with E-state index in [4.69, 9.17) is 9.26 Å². The van der Waals surface area contributed by atoms with E-state index in [9.17, 15) is 9.59 Å². The highest BCUT2D eigenvalue weighted by Crippen LogP contribution is 2.52. The molecule has 27 heavy (non-hydrogen) atoms. The maximum Gasteiger partial charge on any atom is 0.230 e. The summed E-state index contributed by atoms with van der Waals surface area (Å²) in [4.78, 5) is 30.0. The van der Waals surface area contributed by atoms with Gasteiger partial charge in [-0.3, -0.25) is 9.59 Å². The summed E-state index contributed by atoms with van der Waals surface area (Å²) in [6, 6.07) is 2.01. The van der Waals surface area contributed by atoms with Gasteiger partial charge in [-0.2, -0.15) is 0 Å². The molecule has 0 aliphatic carbocycles. The molecule has 1 aromatic rings. The molecule has 4 heterocycles. The summed E-state index contributed by atoms with van der Waals surface area (Å²) in [5, 5.41) is 3.87. The second-order valence-corrected chi connectivity index (χ2v) is 7.97. The average Bonchev–Trinajstić information content (AvgIpc) is 3.38. The Balaban J connectivity index is 1.56. The van der Waals surface area contributed by atoms with Crippen molar-refractivity contribution in [3.8, 4) is 0 Å². The maximum atomic E-state index is 13.2. The van der Waals surface area contributed by atoms with Crippen LogP contribution in [0.15, 0.2) is 22.7 Å². The van der Waals surface area contributed by atoms with Gasteiger partial charge in [0.05, 0.1) is 36.7 Å². The van der Waals surface area contributed by atoms with Gasteiger partial charge in [-0.05, 0) is 19.8 Å². The highest BCUT2D eigenvalue weighted by Gasteiger charge is 2.67. The fourth-order valence-electron chi connectivity index (χ4n) is 4.91. The highest BCUT2D eigenvalue weighted by molar-refractivity contribution is 5.93. The minimum Gasteiger partial charge on any atom is -0.360 e. The van der Waals surface area contributed by atoms with E-state index in [1.165, 1.54) is 0 Å². The Bertz CT molecular complexity index is 784. The number of rotatable bonds is 6. The fraction of sp³-hybridized carbons (Fsp3) is 0.650. The molecule has 4 rings (SSSR count). The zero-order valence-electron chi connectivity index (χ0n) is 16.3. The molecule has 0 saturated carbocycles. The van der Waals surface area contributed by atoms with Gasteiger partial charge in [0.25, 0.3) is 0 Å². The van der Waals surface area contributed by atoms with Crippen LogP contribution in [0.1, 0.15) is 38.1 Å². The van der Waals surface area contributed by atoms with Gasteiger partial charge < -0.3 is 19.1 Å². The minimum absolute atomic E-state index is 0.0535. The van der Waals surface area contributed by atoms with Crippen LogP contribution in [0, 0.1) is 18.8 Å². The monoisotopic (exact) mass is 373 g/mol. The number of aromatic nitrogens is 1. The van der Waals surface area contributed by atoms with E-state index in [-0.39, 0.29) is 24.0 Å². The van der Waals surface area contributed by atoms with E-state index in [0.29, 0.717) is 18.8 Å². The van der Waals surface area contributed by atoms with Gasteiger partial charge >= 0.3 is 0 Å². The molecule has 146 valence electrons. The van der Waals surface area contributed by atoms with Crippen LogP contribution in [0.4, 0.5) is 0 Å². The van der Waals surface area contributed by atoms with Crippen LogP contribution in [-0.2, 0) is 20.9 Å². The van der Waals surface area contributed by atoms with Crippen molar-refractivity contribution in [1.29, 1.82) is 0 Å². The number of amides is 2. The van der Waals surface area contributed by atoms with Crippen molar-refractivity contribution < 1.29 is 18.8 Å². The summed E-state index contributed by atoms with van der Waals surface area (Å²) in [6.07, 6.45) is 5.44. The number of aryl methyl sites for hydroxylation is 1. The summed E-state index contributed by atoms with van der Waals surface area (Å²) in [5.74, 6) is -0.299.